The smallest absolute Gasteiger partial charge is 0.403 e. The number of hydrogen-bond acceptors (Lipinski definition) is 1. The average Bonchev–Trinajstić information content (AvgIpc) is 2.80. The van der Waals surface area contributed by atoms with Crippen molar-refractivity contribution in [1.82, 2.24) is 0 Å². The van der Waals surface area contributed by atoms with E-state index in [1.54, 1.807) is 0 Å². The van der Waals surface area contributed by atoms with Crippen LogP contribution in [0.1, 0.15) is 38.5 Å². The van der Waals surface area contributed by atoms with E-state index in [9.17, 15) is 26.3 Å². The number of ether oxygens (including phenoxy) is 1. The number of rotatable bonds is 3. The molecule has 0 saturated heterocycles. The van der Waals surface area contributed by atoms with E-state index in [1.165, 1.54) is 17.7 Å². The topological polar surface area (TPSA) is 9.23 Å². The summed E-state index contributed by atoms with van der Waals surface area (Å²) in [6.07, 6.45) is 9.06. The molecule has 1 nitrogen and oxygen atoms in total. The zero-order chi connectivity index (χ0) is 24.5. The van der Waals surface area contributed by atoms with Crippen LogP contribution >= 0.6 is 0 Å². The van der Waals surface area contributed by atoms with Gasteiger partial charge in [-0.25, -0.2) is 13.2 Å². The molecule has 0 radical (unpaired) electrons. The zero-order valence-electron chi connectivity index (χ0n) is 18.4. The van der Waals surface area contributed by atoms with Gasteiger partial charge in [0.15, 0.2) is 11.6 Å². The van der Waals surface area contributed by atoms with Crippen LogP contribution in [0.2, 0.25) is 0 Å². The Bertz CT molecular complexity index is 1190. The first-order chi connectivity index (χ1) is 16.1. The van der Waals surface area contributed by atoms with Gasteiger partial charge >= 0.3 is 6.36 Å². The van der Waals surface area contributed by atoms with Gasteiger partial charge in [-0.3, -0.25) is 0 Å². The fourth-order valence-electron chi connectivity index (χ4n) is 4.80. The quantitative estimate of drug-likeness (QED) is 0.342. The van der Waals surface area contributed by atoms with Gasteiger partial charge in [0.1, 0.15) is 11.6 Å². The Hall–Kier alpha value is -2.96. The molecule has 3 aliphatic rings. The summed E-state index contributed by atoms with van der Waals surface area (Å²) in [5.74, 6) is -3.11. The average molecular weight is 478 g/mol. The maximum Gasteiger partial charge on any atom is 0.573 e. The van der Waals surface area contributed by atoms with E-state index < -0.39 is 34.8 Å². The minimum Gasteiger partial charge on any atom is -0.403 e. The van der Waals surface area contributed by atoms with Crippen LogP contribution in [-0.2, 0) is 4.74 Å². The maximum atomic E-state index is 14.9. The van der Waals surface area contributed by atoms with Gasteiger partial charge in [0, 0.05) is 5.22 Å². The number of hydrogen-bond donors (Lipinski definition) is 0. The second-order valence-electron chi connectivity index (χ2n) is 8.77. The van der Waals surface area contributed by atoms with E-state index in [0.717, 1.165) is 37.3 Å². The Labute approximate surface area is 193 Å². The first kappa shape index (κ1) is 24.2. The van der Waals surface area contributed by atoms with Crippen molar-refractivity contribution < 1.29 is 31.1 Å². The minimum atomic E-state index is -5.06. The highest BCUT2D eigenvalue weighted by Crippen LogP contribution is 2.36. The Morgan fingerprint density at radius 2 is 1.53 bits per heavy atom. The molecule has 34 heavy (non-hydrogen) atoms. The lowest BCUT2D eigenvalue weighted by molar-refractivity contribution is -0.304. The molecule has 3 aliphatic carbocycles. The van der Waals surface area contributed by atoms with Crippen LogP contribution in [0.5, 0.6) is 0 Å². The molecule has 7 heteroatoms. The highest BCUT2D eigenvalue weighted by Gasteiger charge is 2.34. The lowest BCUT2D eigenvalue weighted by Crippen LogP contribution is -2.23. The molecular formula is C27H24F6O. The van der Waals surface area contributed by atoms with Crippen LogP contribution in [0.3, 0.4) is 0 Å². The van der Waals surface area contributed by atoms with Crippen molar-refractivity contribution in [3.05, 3.63) is 94.4 Å². The highest BCUT2D eigenvalue weighted by molar-refractivity contribution is 5.65. The van der Waals surface area contributed by atoms with E-state index in [1.807, 2.05) is 18.2 Å². The van der Waals surface area contributed by atoms with Crippen LogP contribution in [0.15, 0.2) is 72.3 Å². The number of halogens is 6. The molecule has 180 valence electrons. The monoisotopic (exact) mass is 478 g/mol. The third-order valence-electron chi connectivity index (χ3n) is 6.61. The van der Waals surface area contributed by atoms with Gasteiger partial charge in [-0.05, 0) is 96.6 Å². The fraction of sp³-hybridized carbons (Fsp3) is 0.333. The molecule has 1 aromatic carbocycles. The van der Waals surface area contributed by atoms with Crippen molar-refractivity contribution in [3.63, 3.8) is 0 Å². The molecule has 0 bridgehead atoms. The Balaban J connectivity index is 1.58. The minimum absolute atomic E-state index is 0.102. The van der Waals surface area contributed by atoms with Crippen LogP contribution in [-0.4, -0.2) is 6.36 Å². The van der Waals surface area contributed by atoms with Crippen molar-refractivity contribution in [2.75, 3.05) is 0 Å². The zero-order valence-corrected chi connectivity index (χ0v) is 18.4. The summed E-state index contributed by atoms with van der Waals surface area (Å²) in [6, 6.07) is 2.35. The van der Waals surface area contributed by atoms with E-state index in [-0.39, 0.29) is 12.0 Å². The first-order valence-electron chi connectivity index (χ1n) is 11.2. The predicted molar refractivity (Wildman–Crippen MR) is 119 cm³/mol. The van der Waals surface area contributed by atoms with Gasteiger partial charge in [-0.1, -0.05) is 24.3 Å². The van der Waals surface area contributed by atoms with Crippen molar-refractivity contribution in [3.8, 4) is 0 Å². The summed E-state index contributed by atoms with van der Waals surface area (Å²) in [5, 5.41) is -0.0880. The van der Waals surface area contributed by atoms with Crippen molar-refractivity contribution in [1.29, 1.82) is 0 Å². The highest BCUT2D eigenvalue weighted by atomic mass is 19.4. The maximum absolute atomic E-state index is 14.9. The molecule has 1 saturated carbocycles. The summed E-state index contributed by atoms with van der Waals surface area (Å²) >= 11 is 0. The number of alkyl halides is 3. The Morgan fingerprint density at radius 3 is 2.06 bits per heavy atom. The molecule has 4 rings (SSSR count). The molecule has 0 amide bonds. The third-order valence-corrected chi connectivity index (χ3v) is 6.61. The van der Waals surface area contributed by atoms with Crippen LogP contribution in [0, 0.1) is 23.5 Å². The second kappa shape index (κ2) is 9.72. The van der Waals surface area contributed by atoms with Crippen molar-refractivity contribution in [2.45, 2.75) is 44.9 Å². The molecule has 0 unspecified atom stereocenters. The van der Waals surface area contributed by atoms with E-state index in [2.05, 4.69) is 17.4 Å². The van der Waals surface area contributed by atoms with Crippen molar-refractivity contribution in [2.24, 2.45) is 11.8 Å². The summed E-state index contributed by atoms with van der Waals surface area (Å²) < 4.78 is 84.4. The summed E-state index contributed by atoms with van der Waals surface area (Å²) in [5.41, 5.74) is 1.89. The molecule has 1 fully saturated rings. The molecule has 0 aromatic heterocycles. The summed E-state index contributed by atoms with van der Waals surface area (Å²) in [6.45, 7) is 3.87. The van der Waals surface area contributed by atoms with Gasteiger partial charge in [0.25, 0.3) is 0 Å². The summed E-state index contributed by atoms with van der Waals surface area (Å²) in [7, 11) is 0. The lowest BCUT2D eigenvalue weighted by atomic mass is 9.77. The van der Waals surface area contributed by atoms with Crippen LogP contribution in [0.4, 0.5) is 26.3 Å². The molecule has 0 N–H and O–H groups in total. The first-order valence-corrected chi connectivity index (χ1v) is 11.2. The fourth-order valence-corrected chi connectivity index (χ4v) is 4.80. The molecular weight excluding hydrogens is 454 g/mol. The third kappa shape index (κ3) is 5.40. The molecule has 0 aliphatic heterocycles. The van der Waals surface area contributed by atoms with Gasteiger partial charge in [-0.2, -0.15) is 0 Å². The van der Waals surface area contributed by atoms with E-state index in [4.69, 9.17) is 0 Å². The molecule has 1 aromatic rings. The van der Waals surface area contributed by atoms with Gasteiger partial charge in [0.05, 0.1) is 0 Å². The van der Waals surface area contributed by atoms with Crippen LogP contribution in [0.25, 0.3) is 11.1 Å². The van der Waals surface area contributed by atoms with Gasteiger partial charge in [0.2, 0.25) is 0 Å². The van der Waals surface area contributed by atoms with E-state index in [0.29, 0.717) is 29.6 Å². The second-order valence-corrected chi connectivity index (χ2v) is 8.77. The number of benzene rings is 1. The Kier molecular flexibility index (Phi) is 6.91. The normalized spacial score (nSPS) is 23.3. The van der Waals surface area contributed by atoms with Crippen LogP contribution < -0.4 is 10.4 Å². The molecule has 0 heterocycles. The van der Waals surface area contributed by atoms with E-state index >= 15 is 0 Å². The largest absolute Gasteiger partial charge is 0.573 e. The summed E-state index contributed by atoms with van der Waals surface area (Å²) in [4.78, 5) is 0. The van der Waals surface area contributed by atoms with Gasteiger partial charge < -0.3 is 4.74 Å². The lowest BCUT2D eigenvalue weighted by Gasteiger charge is -2.28. The van der Waals surface area contributed by atoms with Gasteiger partial charge in [-0.15, -0.1) is 19.8 Å². The Morgan fingerprint density at radius 1 is 0.882 bits per heavy atom. The standard InChI is InChI=1S/C27H24F6O/c1-2-16-3-5-17(6-4-16)18-7-9-19(10-8-18)21-14-23(29)26(24(30)15-21)20-11-12-25(22(28)13-20)34-27(31,32)33/h2,7-9,12-17H,1,3-6,10-11H2. The molecule has 0 spiro atoms. The SMILES string of the molecule is C=CC1CCC(C2=CCC(=c3cc(F)c(=C4C=C(F)C(OC(F)(F)F)=CC4)c(F)c3)C=C2)CC1. The molecule has 0 atom stereocenters. The number of allylic oxidation sites excluding steroid dienone is 8. The van der Waals surface area contributed by atoms with Crippen molar-refractivity contribution >= 4 is 11.1 Å². The predicted octanol–water partition coefficient (Wildman–Crippen LogP) is 6.82.